The second kappa shape index (κ2) is 4.34. The van der Waals surface area contributed by atoms with Crippen LogP contribution in [0.1, 0.15) is 11.1 Å². The van der Waals surface area contributed by atoms with E-state index in [1.807, 2.05) is 12.6 Å². The molecule has 0 amide bonds. The van der Waals surface area contributed by atoms with Gasteiger partial charge in [-0.15, -0.1) is 5.10 Å². The smallest absolute Gasteiger partial charge is 0.252 e. The van der Waals surface area contributed by atoms with E-state index in [2.05, 4.69) is 58.8 Å². The van der Waals surface area contributed by atoms with Gasteiger partial charge in [0, 0.05) is 11.1 Å². The number of nitrogens with zero attached hydrogens (tertiary/aromatic N) is 3. The van der Waals surface area contributed by atoms with Gasteiger partial charge in [-0.25, -0.2) is 0 Å². The lowest BCUT2D eigenvalue weighted by atomic mass is 9.89. The van der Waals surface area contributed by atoms with Crippen molar-refractivity contribution >= 4 is 7.98 Å². The van der Waals surface area contributed by atoms with Gasteiger partial charge in [0.25, 0.3) is 7.98 Å². The Kier molecular flexibility index (Phi) is 2.49. The predicted octanol–water partition coefficient (Wildman–Crippen LogP) is 2.11. The van der Waals surface area contributed by atoms with Gasteiger partial charge >= 0.3 is 0 Å². The van der Waals surface area contributed by atoms with E-state index < -0.39 is 0 Å². The largest absolute Gasteiger partial charge is 0.299 e. The lowest BCUT2D eigenvalue weighted by molar-refractivity contribution is 0.882. The summed E-state index contributed by atoms with van der Waals surface area (Å²) in [6, 6.07) is 17.1. The van der Waals surface area contributed by atoms with Crippen LogP contribution in [0.4, 0.5) is 0 Å². The van der Waals surface area contributed by atoms with Crippen molar-refractivity contribution in [3.8, 4) is 22.5 Å². The van der Waals surface area contributed by atoms with Gasteiger partial charge in [-0.05, 0) is 24.0 Å². The van der Waals surface area contributed by atoms with Crippen molar-refractivity contribution < 1.29 is 0 Å². The fourth-order valence-electron chi connectivity index (χ4n) is 3.05. The highest BCUT2D eigenvalue weighted by Crippen LogP contribution is 2.36. The summed E-state index contributed by atoms with van der Waals surface area (Å²) in [6.07, 6.45) is 2.10. The number of hydrogen-bond donors (Lipinski definition) is 0. The Balaban J connectivity index is 2.08. The van der Waals surface area contributed by atoms with Crippen LogP contribution in [-0.4, -0.2) is 22.9 Å². The van der Waals surface area contributed by atoms with Gasteiger partial charge < -0.3 is 0 Å². The first-order chi connectivity index (χ1) is 9.84. The average molecular weight is 259 g/mol. The molecule has 1 aromatic heterocycles. The van der Waals surface area contributed by atoms with Crippen molar-refractivity contribution in [2.24, 2.45) is 0 Å². The molecule has 3 nitrogen and oxygen atoms in total. The summed E-state index contributed by atoms with van der Waals surface area (Å²) in [4.78, 5) is 0. The lowest BCUT2D eigenvalue weighted by Gasteiger charge is -2.17. The van der Waals surface area contributed by atoms with Crippen molar-refractivity contribution in [1.82, 2.24) is 14.9 Å². The molecule has 3 aromatic rings. The van der Waals surface area contributed by atoms with E-state index in [0.717, 1.165) is 24.2 Å². The Labute approximate surface area is 118 Å². The highest BCUT2D eigenvalue weighted by molar-refractivity contribution is 6.09. The second-order valence-electron chi connectivity index (χ2n) is 5.22. The third-order valence-corrected chi connectivity index (χ3v) is 4.04. The minimum Gasteiger partial charge on any atom is -0.299 e. The number of aromatic nitrogens is 3. The highest BCUT2D eigenvalue weighted by atomic mass is 15.4. The summed E-state index contributed by atoms with van der Waals surface area (Å²) in [5.74, 6) is 0. The molecule has 0 radical (unpaired) electrons. The molecule has 0 aliphatic heterocycles. The van der Waals surface area contributed by atoms with Gasteiger partial charge in [-0.3, -0.25) is 4.59 Å². The molecule has 0 fully saturated rings. The van der Waals surface area contributed by atoms with Crippen molar-refractivity contribution in [2.45, 2.75) is 12.8 Å². The molecule has 4 rings (SSSR count). The Morgan fingerprint density at radius 1 is 0.850 bits per heavy atom. The van der Waals surface area contributed by atoms with E-state index in [1.54, 1.807) is 0 Å². The Morgan fingerprint density at radius 3 is 2.20 bits per heavy atom. The van der Waals surface area contributed by atoms with Gasteiger partial charge in [0.15, 0.2) is 0 Å². The first-order valence-corrected chi connectivity index (χ1v) is 6.91. The number of benzene rings is 2. The normalized spacial score (nSPS) is 12.8. The molecule has 20 heavy (non-hydrogen) atoms. The molecule has 0 atom stereocenters. The summed E-state index contributed by atoms with van der Waals surface area (Å²) in [7, 11) is 1.97. The highest BCUT2D eigenvalue weighted by Gasteiger charge is 2.21. The average Bonchev–Trinajstić information content (AvgIpc) is 2.85. The van der Waals surface area contributed by atoms with E-state index in [4.69, 9.17) is 0 Å². The molecule has 4 heteroatoms. The van der Waals surface area contributed by atoms with Crippen molar-refractivity contribution in [2.75, 3.05) is 0 Å². The van der Waals surface area contributed by atoms with Crippen LogP contribution in [0.2, 0.25) is 0 Å². The quantitative estimate of drug-likeness (QED) is 0.579. The fraction of sp³-hybridized carbons (Fsp3) is 0.125. The SMILES string of the molecule is Bn1nnc2c1-c1ccccc1CCc1ccccc1-2. The second-order valence-corrected chi connectivity index (χ2v) is 5.22. The summed E-state index contributed by atoms with van der Waals surface area (Å²) in [6.45, 7) is 0. The maximum atomic E-state index is 4.41. The van der Waals surface area contributed by atoms with Gasteiger partial charge in [0.1, 0.15) is 5.69 Å². The minimum absolute atomic E-state index is 0.996. The zero-order valence-corrected chi connectivity index (χ0v) is 11.4. The van der Waals surface area contributed by atoms with Gasteiger partial charge in [0.2, 0.25) is 0 Å². The minimum atomic E-state index is 0.996. The molecule has 0 bridgehead atoms. The first kappa shape index (κ1) is 11.5. The zero-order chi connectivity index (χ0) is 13.5. The van der Waals surface area contributed by atoms with Crippen LogP contribution in [0.5, 0.6) is 0 Å². The van der Waals surface area contributed by atoms with E-state index in [0.29, 0.717) is 0 Å². The van der Waals surface area contributed by atoms with E-state index in [9.17, 15) is 0 Å². The summed E-state index contributed by atoms with van der Waals surface area (Å²) >= 11 is 0. The molecule has 0 saturated heterocycles. The van der Waals surface area contributed by atoms with E-state index in [1.165, 1.54) is 22.3 Å². The molecule has 0 N–H and O–H groups in total. The Morgan fingerprint density at radius 2 is 1.45 bits per heavy atom. The molecule has 0 saturated carbocycles. The monoisotopic (exact) mass is 259 g/mol. The number of aryl methyl sites for hydroxylation is 2. The Hall–Kier alpha value is -2.36. The topological polar surface area (TPSA) is 30.7 Å². The van der Waals surface area contributed by atoms with Crippen molar-refractivity contribution in [3.05, 3.63) is 59.7 Å². The van der Waals surface area contributed by atoms with Crippen LogP contribution in [0.15, 0.2) is 48.5 Å². The molecule has 0 spiro atoms. The summed E-state index contributed by atoms with van der Waals surface area (Å²) in [5, 5.41) is 8.66. The van der Waals surface area contributed by atoms with Crippen LogP contribution in [0.3, 0.4) is 0 Å². The van der Waals surface area contributed by atoms with Crippen LogP contribution < -0.4 is 0 Å². The van der Waals surface area contributed by atoms with Gasteiger partial charge in [-0.2, -0.15) is 0 Å². The van der Waals surface area contributed by atoms with Gasteiger partial charge in [-0.1, -0.05) is 53.7 Å². The molecule has 1 aliphatic carbocycles. The van der Waals surface area contributed by atoms with Crippen molar-refractivity contribution in [1.29, 1.82) is 0 Å². The van der Waals surface area contributed by atoms with Crippen LogP contribution in [0.25, 0.3) is 22.5 Å². The third-order valence-electron chi connectivity index (χ3n) is 4.04. The van der Waals surface area contributed by atoms with E-state index in [-0.39, 0.29) is 0 Å². The van der Waals surface area contributed by atoms with Crippen LogP contribution in [0, 0.1) is 0 Å². The van der Waals surface area contributed by atoms with Gasteiger partial charge in [0.05, 0.1) is 5.69 Å². The molecule has 2 aromatic carbocycles. The fourth-order valence-corrected chi connectivity index (χ4v) is 3.05. The first-order valence-electron chi connectivity index (χ1n) is 6.91. The number of fused-ring (bicyclic) bond motifs is 5. The van der Waals surface area contributed by atoms with Crippen LogP contribution >= 0.6 is 0 Å². The maximum absolute atomic E-state index is 4.41. The standard InChI is InChI=1S/C16H14BN3/c17-20-16-14-8-4-2-6-12(14)10-9-11-5-1-3-7-13(11)15(16)18-19-20/h1-8H,9-10,17H2. The molecule has 1 aliphatic rings. The number of hydrogen-bond acceptors (Lipinski definition) is 2. The predicted molar refractivity (Wildman–Crippen MR) is 82.2 cm³/mol. The molecular formula is C16H14BN3. The summed E-state index contributed by atoms with van der Waals surface area (Å²) in [5.41, 5.74) is 7.30. The van der Waals surface area contributed by atoms with Crippen LogP contribution in [-0.2, 0) is 12.8 Å². The maximum Gasteiger partial charge on any atom is 0.252 e. The Bertz CT molecular complexity index is 792. The molecule has 0 unspecified atom stereocenters. The number of rotatable bonds is 0. The molecular weight excluding hydrogens is 245 g/mol. The van der Waals surface area contributed by atoms with E-state index >= 15 is 0 Å². The summed E-state index contributed by atoms with van der Waals surface area (Å²) < 4.78 is 1.89. The molecule has 96 valence electrons. The van der Waals surface area contributed by atoms with Crippen molar-refractivity contribution in [3.63, 3.8) is 0 Å². The third kappa shape index (κ3) is 1.61. The lowest BCUT2D eigenvalue weighted by Crippen LogP contribution is -2.04. The molecule has 1 heterocycles. The zero-order valence-electron chi connectivity index (χ0n) is 11.4.